The predicted octanol–water partition coefficient (Wildman–Crippen LogP) is 0.940. The SMILES string of the molecule is CCC(C)NC(=O)CCNC(=O)N1CCCC1CC(=O)O. The lowest BCUT2D eigenvalue weighted by atomic mass is 10.1. The van der Waals surface area contributed by atoms with E-state index in [1.54, 1.807) is 4.90 Å². The number of nitrogens with one attached hydrogen (secondary N) is 2. The summed E-state index contributed by atoms with van der Waals surface area (Å²) in [6, 6.07) is -0.390. The van der Waals surface area contributed by atoms with E-state index in [1.807, 2.05) is 13.8 Å². The Labute approximate surface area is 125 Å². The molecule has 1 saturated heterocycles. The highest BCUT2D eigenvalue weighted by molar-refractivity contribution is 5.79. The van der Waals surface area contributed by atoms with Crippen LogP contribution < -0.4 is 10.6 Å². The second kappa shape index (κ2) is 8.49. The Morgan fingerprint density at radius 2 is 2.10 bits per heavy atom. The Balaban J connectivity index is 2.30. The van der Waals surface area contributed by atoms with Crippen LogP contribution >= 0.6 is 0 Å². The normalized spacial score (nSPS) is 19.1. The Hall–Kier alpha value is -1.79. The highest BCUT2D eigenvalue weighted by Gasteiger charge is 2.30. The Bertz CT molecular complexity index is 386. The summed E-state index contributed by atoms with van der Waals surface area (Å²) in [7, 11) is 0. The molecule has 1 aliphatic heterocycles. The van der Waals surface area contributed by atoms with E-state index >= 15 is 0 Å². The van der Waals surface area contributed by atoms with Crippen LogP contribution in [-0.2, 0) is 9.59 Å². The Morgan fingerprint density at radius 3 is 2.71 bits per heavy atom. The van der Waals surface area contributed by atoms with Crippen LogP contribution in [0, 0.1) is 0 Å². The van der Waals surface area contributed by atoms with Crippen LogP contribution in [-0.4, -0.2) is 53.1 Å². The lowest BCUT2D eigenvalue weighted by Gasteiger charge is -2.23. The van der Waals surface area contributed by atoms with Gasteiger partial charge >= 0.3 is 12.0 Å². The van der Waals surface area contributed by atoms with Gasteiger partial charge in [0.1, 0.15) is 0 Å². The van der Waals surface area contributed by atoms with Crippen molar-refractivity contribution in [2.45, 2.75) is 58.0 Å². The maximum Gasteiger partial charge on any atom is 0.317 e. The second-order valence-electron chi connectivity index (χ2n) is 5.45. The molecule has 2 atom stereocenters. The molecule has 0 spiro atoms. The van der Waals surface area contributed by atoms with E-state index in [0.29, 0.717) is 13.0 Å². The van der Waals surface area contributed by atoms with Gasteiger partial charge in [-0.2, -0.15) is 0 Å². The van der Waals surface area contributed by atoms with E-state index in [9.17, 15) is 14.4 Å². The molecule has 21 heavy (non-hydrogen) atoms. The summed E-state index contributed by atoms with van der Waals surface area (Å²) in [6.07, 6.45) is 2.60. The number of carbonyl (C=O) groups excluding carboxylic acids is 2. The number of carboxylic acids is 1. The van der Waals surface area contributed by atoms with Gasteiger partial charge in [-0.3, -0.25) is 9.59 Å². The van der Waals surface area contributed by atoms with Crippen molar-refractivity contribution in [3.63, 3.8) is 0 Å². The average Bonchev–Trinajstić information content (AvgIpc) is 2.85. The zero-order chi connectivity index (χ0) is 15.8. The number of nitrogens with zero attached hydrogens (tertiary/aromatic N) is 1. The summed E-state index contributed by atoms with van der Waals surface area (Å²) in [6.45, 7) is 4.75. The first-order valence-electron chi connectivity index (χ1n) is 7.49. The van der Waals surface area contributed by atoms with Crippen molar-refractivity contribution in [1.29, 1.82) is 0 Å². The fourth-order valence-electron chi connectivity index (χ4n) is 2.35. The molecule has 0 aromatic heterocycles. The van der Waals surface area contributed by atoms with Crippen LogP contribution in [0.4, 0.5) is 4.79 Å². The summed E-state index contributed by atoms with van der Waals surface area (Å²) >= 11 is 0. The number of aliphatic carboxylic acids is 1. The van der Waals surface area contributed by atoms with Crippen LogP contribution in [0.2, 0.25) is 0 Å². The van der Waals surface area contributed by atoms with E-state index < -0.39 is 5.97 Å². The molecule has 7 nitrogen and oxygen atoms in total. The molecule has 120 valence electrons. The minimum absolute atomic E-state index is 0.0259. The molecule has 0 saturated carbocycles. The summed E-state index contributed by atoms with van der Waals surface area (Å²) in [4.78, 5) is 35.9. The molecule has 2 unspecified atom stereocenters. The third-order valence-electron chi connectivity index (χ3n) is 3.70. The van der Waals surface area contributed by atoms with E-state index in [0.717, 1.165) is 12.8 Å². The number of rotatable bonds is 7. The van der Waals surface area contributed by atoms with Crippen LogP contribution in [0.15, 0.2) is 0 Å². The van der Waals surface area contributed by atoms with Gasteiger partial charge in [-0.15, -0.1) is 0 Å². The quantitative estimate of drug-likeness (QED) is 0.651. The standard InChI is InChI=1S/C14H25N3O4/c1-3-10(2)16-12(18)6-7-15-14(21)17-8-4-5-11(17)9-13(19)20/h10-11H,3-9H2,1-2H3,(H,15,21)(H,16,18)(H,19,20). The fourth-order valence-corrected chi connectivity index (χ4v) is 2.35. The molecular formula is C14H25N3O4. The van der Waals surface area contributed by atoms with Gasteiger partial charge in [0.15, 0.2) is 0 Å². The highest BCUT2D eigenvalue weighted by atomic mass is 16.4. The number of likely N-dealkylation sites (tertiary alicyclic amines) is 1. The molecule has 0 aromatic carbocycles. The Morgan fingerprint density at radius 1 is 1.38 bits per heavy atom. The van der Waals surface area contributed by atoms with Gasteiger partial charge in [0.25, 0.3) is 0 Å². The summed E-state index contributed by atoms with van der Waals surface area (Å²) in [5.74, 6) is -0.985. The summed E-state index contributed by atoms with van der Waals surface area (Å²) in [5, 5.41) is 14.3. The highest BCUT2D eigenvalue weighted by Crippen LogP contribution is 2.19. The molecule has 0 radical (unpaired) electrons. The second-order valence-corrected chi connectivity index (χ2v) is 5.45. The van der Waals surface area contributed by atoms with Crippen molar-refractivity contribution in [1.82, 2.24) is 15.5 Å². The van der Waals surface area contributed by atoms with E-state index in [1.165, 1.54) is 0 Å². The first-order chi connectivity index (χ1) is 9.93. The topological polar surface area (TPSA) is 98.7 Å². The molecule has 1 fully saturated rings. The zero-order valence-electron chi connectivity index (χ0n) is 12.7. The molecule has 0 aliphatic carbocycles. The van der Waals surface area contributed by atoms with Gasteiger partial charge in [-0.1, -0.05) is 6.92 Å². The molecule has 1 aliphatic rings. The van der Waals surface area contributed by atoms with Crippen molar-refractivity contribution in [3.8, 4) is 0 Å². The molecule has 1 heterocycles. The smallest absolute Gasteiger partial charge is 0.317 e. The van der Waals surface area contributed by atoms with Crippen molar-refractivity contribution >= 4 is 17.9 Å². The summed E-state index contributed by atoms with van der Waals surface area (Å²) in [5.41, 5.74) is 0. The van der Waals surface area contributed by atoms with E-state index in [4.69, 9.17) is 5.11 Å². The average molecular weight is 299 g/mol. The van der Waals surface area contributed by atoms with Gasteiger partial charge in [0.2, 0.25) is 5.91 Å². The van der Waals surface area contributed by atoms with Crippen molar-refractivity contribution in [2.75, 3.05) is 13.1 Å². The van der Waals surface area contributed by atoms with Crippen molar-refractivity contribution in [2.24, 2.45) is 0 Å². The van der Waals surface area contributed by atoms with E-state index in [-0.39, 0.29) is 43.4 Å². The third-order valence-corrected chi connectivity index (χ3v) is 3.70. The number of hydrogen-bond donors (Lipinski definition) is 3. The number of carboxylic acid groups (broad SMARTS) is 1. The summed E-state index contributed by atoms with van der Waals surface area (Å²) < 4.78 is 0. The lowest BCUT2D eigenvalue weighted by molar-refractivity contribution is -0.138. The number of urea groups is 1. The van der Waals surface area contributed by atoms with Gasteiger partial charge in [0, 0.05) is 31.6 Å². The van der Waals surface area contributed by atoms with Gasteiger partial charge in [-0.05, 0) is 26.2 Å². The minimum Gasteiger partial charge on any atom is -0.481 e. The largest absolute Gasteiger partial charge is 0.481 e. The van der Waals surface area contributed by atoms with Crippen LogP contribution in [0.25, 0.3) is 0 Å². The molecule has 0 aromatic rings. The van der Waals surface area contributed by atoms with Gasteiger partial charge < -0.3 is 20.6 Å². The predicted molar refractivity (Wildman–Crippen MR) is 77.9 cm³/mol. The van der Waals surface area contributed by atoms with Crippen LogP contribution in [0.3, 0.4) is 0 Å². The monoisotopic (exact) mass is 299 g/mol. The number of hydrogen-bond acceptors (Lipinski definition) is 3. The Kier molecular flexibility index (Phi) is 6.98. The van der Waals surface area contributed by atoms with Crippen molar-refractivity contribution in [3.05, 3.63) is 0 Å². The number of amides is 3. The maximum atomic E-state index is 12.0. The van der Waals surface area contributed by atoms with E-state index in [2.05, 4.69) is 10.6 Å². The van der Waals surface area contributed by atoms with Crippen molar-refractivity contribution < 1.29 is 19.5 Å². The van der Waals surface area contributed by atoms with Gasteiger partial charge in [-0.25, -0.2) is 4.79 Å². The van der Waals surface area contributed by atoms with Crippen LogP contribution in [0.1, 0.15) is 46.0 Å². The maximum absolute atomic E-state index is 12.0. The molecule has 3 N–H and O–H groups in total. The molecule has 1 rings (SSSR count). The minimum atomic E-state index is -0.896. The molecular weight excluding hydrogens is 274 g/mol. The zero-order valence-corrected chi connectivity index (χ0v) is 12.7. The number of carbonyl (C=O) groups is 3. The first-order valence-corrected chi connectivity index (χ1v) is 7.49. The molecule has 7 heteroatoms. The van der Waals surface area contributed by atoms with Gasteiger partial charge in [0.05, 0.1) is 6.42 Å². The van der Waals surface area contributed by atoms with Crippen LogP contribution in [0.5, 0.6) is 0 Å². The molecule has 3 amide bonds. The fraction of sp³-hybridized carbons (Fsp3) is 0.786. The molecule has 0 bridgehead atoms. The first kappa shape index (κ1) is 17.3. The third kappa shape index (κ3) is 6.01. The lowest BCUT2D eigenvalue weighted by Crippen LogP contribution is -2.44.